The van der Waals surface area contributed by atoms with Crippen LogP contribution in [0.5, 0.6) is 0 Å². The smallest absolute Gasteiger partial charge is 0.143 e. The van der Waals surface area contributed by atoms with E-state index in [-0.39, 0.29) is 0 Å². The quantitative estimate of drug-likeness (QED) is 0.156. The van der Waals surface area contributed by atoms with Crippen LogP contribution in [0.1, 0.15) is 0 Å². The highest BCUT2D eigenvalue weighted by Gasteiger charge is 2.20. The molecule has 9 aromatic carbocycles. The average molecular weight is 716 g/mol. The van der Waals surface area contributed by atoms with Crippen molar-refractivity contribution in [2.45, 2.75) is 0 Å². The van der Waals surface area contributed by atoms with Crippen molar-refractivity contribution in [2.24, 2.45) is 0 Å². The second-order valence-electron chi connectivity index (χ2n) is 14.1. The molecule has 0 aliphatic rings. The predicted octanol–water partition coefficient (Wildman–Crippen LogP) is 15.4. The minimum absolute atomic E-state index is 0.881. The van der Waals surface area contributed by atoms with E-state index in [1.54, 1.807) is 0 Å². The minimum Gasteiger partial charge on any atom is -0.455 e. The van der Waals surface area contributed by atoms with Crippen molar-refractivity contribution in [1.29, 1.82) is 0 Å². The number of fused-ring (bicyclic) bond motifs is 2. The standard InChI is InChI=1S/C54H37NO/c1-3-15-41(16-4-1)49-22-9-11-24-51(49)55(48-34-30-40(31-35-48)45-27-26-38-14-7-8-19-43(38)36-45)47-32-28-39(29-33-47)44-20-13-21-46(37-44)54-53(42-17-5-2-6-18-42)50-23-10-12-25-52(50)56-54/h1-37H. The lowest BCUT2D eigenvalue weighted by Gasteiger charge is -2.28. The number of furan rings is 1. The summed E-state index contributed by atoms with van der Waals surface area (Å²) in [5.74, 6) is 0.881. The van der Waals surface area contributed by atoms with E-state index in [1.165, 1.54) is 33.0 Å². The molecule has 0 saturated carbocycles. The lowest BCUT2D eigenvalue weighted by molar-refractivity contribution is 0.632. The Bertz CT molecular complexity index is 2940. The van der Waals surface area contributed by atoms with E-state index in [0.29, 0.717) is 0 Å². The number of nitrogens with zero attached hydrogens (tertiary/aromatic N) is 1. The Morgan fingerprint density at radius 1 is 0.321 bits per heavy atom. The van der Waals surface area contributed by atoms with Crippen LogP contribution < -0.4 is 4.90 Å². The van der Waals surface area contributed by atoms with Gasteiger partial charge in [0.1, 0.15) is 11.3 Å². The Kier molecular flexibility index (Phi) is 8.55. The molecule has 0 amide bonds. The van der Waals surface area contributed by atoms with Gasteiger partial charge in [0.15, 0.2) is 0 Å². The number of hydrogen-bond donors (Lipinski definition) is 0. The number of rotatable bonds is 8. The van der Waals surface area contributed by atoms with E-state index in [2.05, 4.69) is 217 Å². The molecule has 0 aliphatic heterocycles. The van der Waals surface area contributed by atoms with Gasteiger partial charge in [-0.1, -0.05) is 176 Å². The first-order chi connectivity index (χ1) is 27.8. The molecular formula is C54H37NO. The van der Waals surface area contributed by atoms with Gasteiger partial charge in [-0.2, -0.15) is 0 Å². The average Bonchev–Trinajstić information content (AvgIpc) is 3.68. The summed E-state index contributed by atoms with van der Waals surface area (Å²) in [5.41, 5.74) is 14.5. The van der Waals surface area contributed by atoms with Gasteiger partial charge in [0.25, 0.3) is 0 Å². The lowest BCUT2D eigenvalue weighted by atomic mass is 9.96. The number of para-hydroxylation sites is 2. The molecule has 0 spiro atoms. The lowest BCUT2D eigenvalue weighted by Crippen LogP contribution is -2.11. The summed E-state index contributed by atoms with van der Waals surface area (Å²) >= 11 is 0. The summed E-state index contributed by atoms with van der Waals surface area (Å²) in [6.07, 6.45) is 0. The number of hydrogen-bond acceptors (Lipinski definition) is 2. The van der Waals surface area contributed by atoms with E-state index in [0.717, 1.165) is 61.6 Å². The van der Waals surface area contributed by atoms with Gasteiger partial charge in [-0.25, -0.2) is 0 Å². The number of anilines is 3. The Balaban J connectivity index is 1.04. The fourth-order valence-corrected chi connectivity index (χ4v) is 7.91. The maximum absolute atomic E-state index is 6.58. The van der Waals surface area contributed by atoms with Crippen molar-refractivity contribution in [1.82, 2.24) is 0 Å². The fraction of sp³-hybridized carbons (Fsp3) is 0. The Hall–Kier alpha value is -7.42. The molecular weight excluding hydrogens is 679 g/mol. The maximum atomic E-state index is 6.58. The van der Waals surface area contributed by atoms with E-state index in [4.69, 9.17) is 4.42 Å². The first kappa shape index (κ1) is 33.2. The number of benzene rings is 9. The van der Waals surface area contributed by atoms with Gasteiger partial charge < -0.3 is 9.32 Å². The van der Waals surface area contributed by atoms with Crippen LogP contribution in [-0.2, 0) is 0 Å². The summed E-state index contributed by atoms with van der Waals surface area (Å²) in [6.45, 7) is 0. The van der Waals surface area contributed by atoms with Crippen molar-refractivity contribution in [3.8, 4) is 55.8 Å². The Morgan fingerprint density at radius 2 is 0.857 bits per heavy atom. The van der Waals surface area contributed by atoms with Crippen LogP contribution in [0.2, 0.25) is 0 Å². The highest BCUT2D eigenvalue weighted by Crippen LogP contribution is 2.44. The van der Waals surface area contributed by atoms with Crippen molar-refractivity contribution in [3.05, 3.63) is 224 Å². The zero-order valence-electron chi connectivity index (χ0n) is 30.7. The van der Waals surface area contributed by atoms with Crippen LogP contribution in [0, 0.1) is 0 Å². The molecule has 10 aromatic rings. The van der Waals surface area contributed by atoms with Gasteiger partial charge in [-0.05, 0) is 92.7 Å². The van der Waals surface area contributed by atoms with Gasteiger partial charge in [0, 0.05) is 33.5 Å². The molecule has 10 rings (SSSR count). The highest BCUT2D eigenvalue weighted by atomic mass is 16.3. The zero-order valence-corrected chi connectivity index (χ0v) is 30.7. The second-order valence-corrected chi connectivity index (χ2v) is 14.1. The molecule has 56 heavy (non-hydrogen) atoms. The molecule has 0 atom stereocenters. The van der Waals surface area contributed by atoms with E-state index >= 15 is 0 Å². The molecule has 2 nitrogen and oxygen atoms in total. The Labute approximate surface area is 327 Å². The second kappa shape index (κ2) is 14.4. The van der Waals surface area contributed by atoms with Crippen molar-refractivity contribution in [2.75, 3.05) is 4.90 Å². The first-order valence-corrected chi connectivity index (χ1v) is 19.1. The van der Waals surface area contributed by atoms with Crippen LogP contribution >= 0.6 is 0 Å². The third kappa shape index (κ3) is 6.24. The van der Waals surface area contributed by atoms with E-state index in [1.807, 2.05) is 12.1 Å². The normalized spacial score (nSPS) is 11.2. The molecule has 1 heterocycles. The third-order valence-corrected chi connectivity index (χ3v) is 10.7. The predicted molar refractivity (Wildman–Crippen MR) is 236 cm³/mol. The summed E-state index contributed by atoms with van der Waals surface area (Å²) in [7, 11) is 0. The van der Waals surface area contributed by atoms with Crippen molar-refractivity contribution >= 4 is 38.8 Å². The highest BCUT2D eigenvalue weighted by molar-refractivity contribution is 6.02. The van der Waals surface area contributed by atoms with Gasteiger partial charge in [0.2, 0.25) is 0 Å². The fourth-order valence-electron chi connectivity index (χ4n) is 7.91. The largest absolute Gasteiger partial charge is 0.455 e. The molecule has 264 valence electrons. The van der Waals surface area contributed by atoms with E-state index in [9.17, 15) is 0 Å². The monoisotopic (exact) mass is 715 g/mol. The summed E-state index contributed by atoms with van der Waals surface area (Å²) < 4.78 is 6.58. The van der Waals surface area contributed by atoms with Crippen molar-refractivity contribution < 1.29 is 4.42 Å². The van der Waals surface area contributed by atoms with Gasteiger partial charge in [0.05, 0.1) is 5.69 Å². The third-order valence-electron chi connectivity index (χ3n) is 10.7. The molecule has 1 aromatic heterocycles. The van der Waals surface area contributed by atoms with Gasteiger partial charge >= 0.3 is 0 Å². The van der Waals surface area contributed by atoms with E-state index < -0.39 is 0 Å². The minimum atomic E-state index is 0.881. The van der Waals surface area contributed by atoms with Gasteiger partial charge in [-0.3, -0.25) is 0 Å². The van der Waals surface area contributed by atoms with Crippen LogP contribution in [0.3, 0.4) is 0 Å². The SMILES string of the molecule is c1ccc(-c2ccccc2N(c2ccc(-c3cccc(-c4oc5ccccc5c4-c4ccccc4)c3)cc2)c2ccc(-c3ccc4ccccc4c3)cc2)cc1. The molecule has 2 heteroatoms. The molecule has 0 saturated heterocycles. The molecule has 0 bridgehead atoms. The Morgan fingerprint density at radius 3 is 1.59 bits per heavy atom. The van der Waals surface area contributed by atoms with Gasteiger partial charge in [-0.15, -0.1) is 0 Å². The molecule has 0 N–H and O–H groups in total. The molecule has 0 unspecified atom stereocenters. The van der Waals surface area contributed by atoms with Crippen molar-refractivity contribution in [3.63, 3.8) is 0 Å². The summed E-state index contributed by atoms with van der Waals surface area (Å²) in [5, 5.41) is 3.61. The van der Waals surface area contributed by atoms with Crippen LogP contribution in [0.25, 0.3) is 77.6 Å². The van der Waals surface area contributed by atoms with Crippen LogP contribution in [-0.4, -0.2) is 0 Å². The van der Waals surface area contributed by atoms with Crippen LogP contribution in [0.15, 0.2) is 229 Å². The molecule has 0 aliphatic carbocycles. The molecule has 0 radical (unpaired) electrons. The first-order valence-electron chi connectivity index (χ1n) is 19.1. The summed E-state index contributed by atoms with van der Waals surface area (Å²) in [6, 6.07) is 79.9. The maximum Gasteiger partial charge on any atom is 0.143 e. The van der Waals surface area contributed by atoms with Crippen LogP contribution in [0.4, 0.5) is 17.1 Å². The zero-order chi connectivity index (χ0) is 37.3. The topological polar surface area (TPSA) is 16.4 Å². The summed E-state index contributed by atoms with van der Waals surface area (Å²) in [4.78, 5) is 2.37. The molecule has 0 fully saturated rings.